The first-order valence-corrected chi connectivity index (χ1v) is 8.20. The van der Waals surface area contributed by atoms with Crippen molar-refractivity contribution >= 4 is 12.0 Å². The van der Waals surface area contributed by atoms with Crippen molar-refractivity contribution in [2.24, 2.45) is 0 Å². The normalized spacial score (nSPS) is 10.5. The quantitative estimate of drug-likeness (QED) is 0.516. The van der Waals surface area contributed by atoms with E-state index in [0.29, 0.717) is 48.4 Å². The predicted molar refractivity (Wildman–Crippen MR) is 98.3 cm³/mol. The second kappa shape index (κ2) is 9.98. The first kappa shape index (κ1) is 19.2. The second-order valence-electron chi connectivity index (χ2n) is 5.16. The fourth-order valence-corrected chi connectivity index (χ4v) is 2.22. The third-order valence-electron chi connectivity index (χ3n) is 3.35. The average molecular weight is 358 g/mol. The summed E-state index contributed by atoms with van der Waals surface area (Å²) in [7, 11) is 1.55. The highest BCUT2D eigenvalue weighted by atomic mass is 16.5. The molecule has 0 bridgehead atoms. The van der Waals surface area contributed by atoms with Gasteiger partial charge in [-0.3, -0.25) is 0 Å². The first-order valence-electron chi connectivity index (χ1n) is 8.20. The topological polar surface area (TPSA) is 74.2 Å². The van der Waals surface area contributed by atoms with Gasteiger partial charge in [0.25, 0.3) is 0 Å². The van der Waals surface area contributed by atoms with Crippen molar-refractivity contribution in [2.75, 3.05) is 26.9 Å². The Bertz CT molecular complexity index is 754. The summed E-state index contributed by atoms with van der Waals surface area (Å²) in [5.41, 5.74) is 0.700. The maximum atomic E-state index is 10.6. The maximum Gasteiger partial charge on any atom is 0.328 e. The molecular weight excluding hydrogens is 336 g/mol. The number of benzene rings is 2. The smallest absolute Gasteiger partial charge is 0.328 e. The van der Waals surface area contributed by atoms with Crippen LogP contribution in [0, 0.1) is 0 Å². The van der Waals surface area contributed by atoms with Crippen molar-refractivity contribution in [3.8, 4) is 23.0 Å². The summed E-state index contributed by atoms with van der Waals surface area (Å²) in [6.45, 7) is 3.09. The van der Waals surface area contributed by atoms with Crippen LogP contribution in [0.25, 0.3) is 6.08 Å². The summed E-state index contributed by atoms with van der Waals surface area (Å²) in [5, 5.41) is 8.72. The fourth-order valence-electron chi connectivity index (χ4n) is 2.22. The van der Waals surface area contributed by atoms with Gasteiger partial charge in [0, 0.05) is 6.08 Å². The summed E-state index contributed by atoms with van der Waals surface area (Å²) in [6, 6.07) is 12.6. The van der Waals surface area contributed by atoms with Gasteiger partial charge < -0.3 is 24.1 Å². The van der Waals surface area contributed by atoms with E-state index >= 15 is 0 Å². The third-order valence-corrected chi connectivity index (χ3v) is 3.35. The van der Waals surface area contributed by atoms with Gasteiger partial charge >= 0.3 is 5.97 Å². The predicted octanol–water partition coefficient (Wildman–Crippen LogP) is 3.65. The van der Waals surface area contributed by atoms with Crippen LogP contribution >= 0.6 is 0 Å². The fraction of sp³-hybridized carbons (Fsp3) is 0.250. The Morgan fingerprint density at radius 3 is 2.23 bits per heavy atom. The number of rotatable bonds is 10. The van der Waals surface area contributed by atoms with Crippen molar-refractivity contribution in [1.82, 2.24) is 0 Å². The van der Waals surface area contributed by atoms with Crippen LogP contribution < -0.4 is 18.9 Å². The molecule has 0 atom stereocenters. The average Bonchev–Trinajstić information content (AvgIpc) is 2.65. The van der Waals surface area contributed by atoms with Crippen molar-refractivity contribution in [1.29, 1.82) is 0 Å². The number of carboxylic acids is 1. The molecule has 2 aromatic rings. The number of hydrogen-bond donors (Lipinski definition) is 1. The molecule has 0 saturated carbocycles. The molecule has 0 fully saturated rings. The molecule has 0 spiro atoms. The monoisotopic (exact) mass is 358 g/mol. The molecule has 0 aliphatic carbocycles. The lowest BCUT2D eigenvalue weighted by Crippen LogP contribution is -2.10. The Morgan fingerprint density at radius 2 is 1.62 bits per heavy atom. The zero-order valence-electron chi connectivity index (χ0n) is 14.8. The van der Waals surface area contributed by atoms with Gasteiger partial charge in [0.05, 0.1) is 13.7 Å². The van der Waals surface area contributed by atoms with Crippen molar-refractivity contribution in [2.45, 2.75) is 6.92 Å². The van der Waals surface area contributed by atoms with Gasteiger partial charge in [-0.2, -0.15) is 0 Å². The van der Waals surface area contributed by atoms with Crippen molar-refractivity contribution in [3.05, 3.63) is 54.1 Å². The molecule has 0 radical (unpaired) electrons. The van der Waals surface area contributed by atoms with Gasteiger partial charge in [0.1, 0.15) is 13.2 Å². The molecule has 6 nitrogen and oxygen atoms in total. The van der Waals surface area contributed by atoms with E-state index in [-0.39, 0.29) is 0 Å². The third kappa shape index (κ3) is 5.73. The molecule has 26 heavy (non-hydrogen) atoms. The number of methoxy groups -OCH3 is 1. The van der Waals surface area contributed by atoms with Gasteiger partial charge in [-0.1, -0.05) is 18.2 Å². The van der Waals surface area contributed by atoms with Gasteiger partial charge in [0.15, 0.2) is 23.0 Å². The van der Waals surface area contributed by atoms with Crippen LogP contribution in [0.3, 0.4) is 0 Å². The van der Waals surface area contributed by atoms with Crippen LogP contribution in [0.2, 0.25) is 0 Å². The summed E-state index contributed by atoms with van der Waals surface area (Å²) in [6.07, 6.45) is 2.56. The number of carbonyl (C=O) groups is 1. The van der Waals surface area contributed by atoms with E-state index < -0.39 is 5.97 Å². The van der Waals surface area contributed by atoms with E-state index in [1.54, 1.807) is 25.3 Å². The minimum absolute atomic E-state index is 0.295. The zero-order valence-corrected chi connectivity index (χ0v) is 14.8. The largest absolute Gasteiger partial charge is 0.493 e. The number of aliphatic carboxylic acids is 1. The lowest BCUT2D eigenvalue weighted by Gasteiger charge is -2.14. The van der Waals surface area contributed by atoms with E-state index in [0.717, 1.165) is 6.08 Å². The van der Waals surface area contributed by atoms with Gasteiger partial charge in [-0.15, -0.1) is 0 Å². The number of ether oxygens (including phenoxy) is 4. The highest BCUT2D eigenvalue weighted by Gasteiger charge is 2.07. The SMILES string of the molecule is CCOc1ccccc1OCCOc1cc(C=CC(=O)O)ccc1OC. The standard InChI is InChI=1S/C20H22O6/c1-3-24-17-6-4-5-7-18(17)25-12-13-26-19-14-15(9-11-20(21)22)8-10-16(19)23-2/h4-11,14H,3,12-13H2,1-2H3,(H,21,22). The van der Waals surface area contributed by atoms with Gasteiger partial charge in [-0.25, -0.2) is 4.79 Å². The van der Waals surface area contributed by atoms with E-state index in [1.807, 2.05) is 31.2 Å². The second-order valence-corrected chi connectivity index (χ2v) is 5.16. The van der Waals surface area contributed by atoms with Crippen molar-refractivity contribution < 1.29 is 28.8 Å². The Morgan fingerprint density at radius 1 is 0.962 bits per heavy atom. The molecule has 0 aromatic heterocycles. The maximum absolute atomic E-state index is 10.6. The van der Waals surface area contributed by atoms with Crippen LogP contribution in [0.4, 0.5) is 0 Å². The number of carboxylic acid groups (broad SMARTS) is 1. The van der Waals surface area contributed by atoms with Crippen LogP contribution in [0.15, 0.2) is 48.5 Å². The Hall–Kier alpha value is -3.15. The molecule has 2 aromatic carbocycles. The Labute approximate surface area is 152 Å². The molecule has 6 heteroatoms. The Balaban J connectivity index is 1.96. The molecule has 0 aliphatic heterocycles. The number of para-hydroxylation sites is 2. The lowest BCUT2D eigenvalue weighted by atomic mass is 10.2. The molecular formula is C20H22O6. The molecule has 2 rings (SSSR count). The molecule has 0 unspecified atom stereocenters. The summed E-state index contributed by atoms with van der Waals surface area (Å²) >= 11 is 0. The molecule has 0 aliphatic rings. The van der Waals surface area contributed by atoms with Crippen LogP contribution in [0.1, 0.15) is 12.5 Å². The van der Waals surface area contributed by atoms with Crippen LogP contribution in [-0.4, -0.2) is 38.0 Å². The zero-order chi connectivity index (χ0) is 18.8. The van der Waals surface area contributed by atoms with E-state index in [2.05, 4.69) is 0 Å². The minimum Gasteiger partial charge on any atom is -0.493 e. The molecule has 0 saturated heterocycles. The molecule has 0 amide bonds. The minimum atomic E-state index is -1.01. The molecule has 1 N–H and O–H groups in total. The van der Waals surface area contributed by atoms with E-state index in [1.165, 1.54) is 6.08 Å². The first-order chi connectivity index (χ1) is 12.6. The van der Waals surface area contributed by atoms with E-state index in [9.17, 15) is 4.79 Å². The lowest BCUT2D eigenvalue weighted by molar-refractivity contribution is -0.131. The van der Waals surface area contributed by atoms with Crippen LogP contribution in [0.5, 0.6) is 23.0 Å². The van der Waals surface area contributed by atoms with Gasteiger partial charge in [0.2, 0.25) is 0 Å². The Kier molecular flexibility index (Phi) is 7.36. The molecule has 0 heterocycles. The highest BCUT2D eigenvalue weighted by Crippen LogP contribution is 2.29. The van der Waals surface area contributed by atoms with Crippen LogP contribution in [-0.2, 0) is 4.79 Å². The number of hydrogen-bond acceptors (Lipinski definition) is 5. The summed E-state index contributed by atoms with van der Waals surface area (Å²) in [4.78, 5) is 10.6. The summed E-state index contributed by atoms with van der Waals surface area (Å²) < 4.78 is 22.2. The summed E-state index contributed by atoms with van der Waals surface area (Å²) in [5.74, 6) is 1.41. The van der Waals surface area contributed by atoms with Crippen molar-refractivity contribution in [3.63, 3.8) is 0 Å². The van der Waals surface area contributed by atoms with Gasteiger partial charge in [-0.05, 0) is 42.8 Å². The highest BCUT2D eigenvalue weighted by molar-refractivity contribution is 5.85. The van der Waals surface area contributed by atoms with E-state index in [4.69, 9.17) is 24.1 Å². The molecule has 138 valence electrons.